The van der Waals surface area contributed by atoms with Gasteiger partial charge >= 0.3 is 0 Å². The molecule has 2 aromatic rings. The van der Waals surface area contributed by atoms with Crippen molar-refractivity contribution in [1.29, 1.82) is 0 Å². The zero-order chi connectivity index (χ0) is 18.1. The summed E-state index contributed by atoms with van der Waals surface area (Å²) in [5.41, 5.74) is 2.04. The van der Waals surface area contributed by atoms with Crippen molar-refractivity contribution >= 4 is 17.2 Å². The molecule has 1 aromatic heterocycles. The Balaban J connectivity index is 1.41. The van der Waals surface area contributed by atoms with Gasteiger partial charge in [-0.25, -0.2) is 0 Å². The zero-order valence-corrected chi connectivity index (χ0v) is 16.2. The standard InChI is InChI=1S/C23H32N2O/c1-17(2)18-7-9-20(10-8-18)24-13-11-21(12-14-24)25-15-19(16-26)22-5-3-4-6-23(22)25/h3-6,15-18,20-21H,7-14H2,1-2H3. The molecule has 140 valence electrons. The van der Waals surface area contributed by atoms with Crippen LogP contribution in [0.15, 0.2) is 30.5 Å². The molecule has 3 nitrogen and oxygen atoms in total. The van der Waals surface area contributed by atoms with E-state index in [-0.39, 0.29) is 0 Å². The Hall–Kier alpha value is -1.61. The van der Waals surface area contributed by atoms with Crippen molar-refractivity contribution in [2.45, 2.75) is 64.5 Å². The van der Waals surface area contributed by atoms with Crippen molar-refractivity contribution in [2.75, 3.05) is 13.1 Å². The van der Waals surface area contributed by atoms with Gasteiger partial charge in [0.1, 0.15) is 0 Å². The van der Waals surface area contributed by atoms with Gasteiger partial charge < -0.3 is 9.47 Å². The van der Waals surface area contributed by atoms with E-state index >= 15 is 0 Å². The Morgan fingerprint density at radius 1 is 0.962 bits per heavy atom. The van der Waals surface area contributed by atoms with Crippen LogP contribution >= 0.6 is 0 Å². The molecule has 2 heterocycles. The molecule has 0 amide bonds. The lowest BCUT2D eigenvalue weighted by molar-refractivity contribution is 0.0893. The van der Waals surface area contributed by atoms with E-state index in [0.717, 1.165) is 35.1 Å². The summed E-state index contributed by atoms with van der Waals surface area (Å²) in [6.45, 7) is 7.16. The number of fused-ring (bicyclic) bond motifs is 1. The summed E-state index contributed by atoms with van der Waals surface area (Å²) in [5.74, 6) is 1.78. The van der Waals surface area contributed by atoms with Crippen molar-refractivity contribution in [2.24, 2.45) is 11.8 Å². The first-order chi connectivity index (χ1) is 12.7. The number of carbonyl (C=O) groups is 1. The number of benzene rings is 1. The molecule has 1 saturated heterocycles. The zero-order valence-electron chi connectivity index (χ0n) is 16.2. The SMILES string of the molecule is CC(C)C1CCC(N2CCC(n3cc(C=O)c4ccccc43)CC2)CC1. The number of aromatic nitrogens is 1. The number of piperidine rings is 1. The van der Waals surface area contributed by atoms with E-state index < -0.39 is 0 Å². The molecule has 0 radical (unpaired) electrons. The van der Waals surface area contributed by atoms with Crippen LogP contribution < -0.4 is 0 Å². The van der Waals surface area contributed by atoms with Crippen molar-refractivity contribution in [3.05, 3.63) is 36.0 Å². The van der Waals surface area contributed by atoms with Gasteiger partial charge in [-0.05, 0) is 56.4 Å². The lowest BCUT2D eigenvalue weighted by Crippen LogP contribution is -2.43. The lowest BCUT2D eigenvalue weighted by Gasteiger charge is -2.42. The summed E-state index contributed by atoms with van der Waals surface area (Å²) in [6, 6.07) is 9.65. The van der Waals surface area contributed by atoms with Gasteiger partial charge in [-0.15, -0.1) is 0 Å². The van der Waals surface area contributed by atoms with Gasteiger partial charge in [0.15, 0.2) is 6.29 Å². The second-order valence-electron chi connectivity index (χ2n) is 8.71. The third-order valence-corrected chi connectivity index (χ3v) is 6.99. The van der Waals surface area contributed by atoms with Crippen LogP contribution in [0, 0.1) is 11.8 Å². The Morgan fingerprint density at radius 2 is 1.65 bits per heavy atom. The first-order valence-corrected chi connectivity index (χ1v) is 10.5. The first-order valence-electron chi connectivity index (χ1n) is 10.5. The number of aldehydes is 1. The highest BCUT2D eigenvalue weighted by atomic mass is 16.1. The second-order valence-corrected chi connectivity index (χ2v) is 8.71. The van der Waals surface area contributed by atoms with Gasteiger partial charge in [-0.2, -0.15) is 0 Å². The molecule has 0 bridgehead atoms. The van der Waals surface area contributed by atoms with Crippen LogP contribution in [0.25, 0.3) is 10.9 Å². The highest BCUT2D eigenvalue weighted by Gasteiger charge is 2.30. The summed E-state index contributed by atoms with van der Waals surface area (Å²) in [5, 5.41) is 1.09. The molecule has 2 fully saturated rings. The Morgan fingerprint density at radius 3 is 2.31 bits per heavy atom. The fraction of sp³-hybridized carbons (Fsp3) is 0.609. The minimum atomic E-state index is 0.525. The highest BCUT2D eigenvalue weighted by molar-refractivity contribution is 5.97. The summed E-state index contributed by atoms with van der Waals surface area (Å²) in [6.07, 6.45) is 11.1. The molecular formula is C23H32N2O. The summed E-state index contributed by atoms with van der Waals surface area (Å²) >= 11 is 0. The third-order valence-electron chi connectivity index (χ3n) is 6.99. The maximum absolute atomic E-state index is 11.4. The van der Waals surface area contributed by atoms with Gasteiger partial charge in [0, 0.05) is 47.8 Å². The molecule has 1 saturated carbocycles. The molecular weight excluding hydrogens is 320 g/mol. The summed E-state index contributed by atoms with van der Waals surface area (Å²) < 4.78 is 2.37. The predicted molar refractivity (Wildman–Crippen MR) is 108 cm³/mol. The van der Waals surface area contributed by atoms with Crippen LogP contribution in [-0.4, -0.2) is 34.9 Å². The molecule has 26 heavy (non-hydrogen) atoms. The molecule has 1 aromatic carbocycles. The number of nitrogens with zero attached hydrogens (tertiary/aromatic N) is 2. The minimum absolute atomic E-state index is 0.525. The van der Waals surface area contributed by atoms with E-state index in [2.05, 4.69) is 47.7 Å². The summed E-state index contributed by atoms with van der Waals surface area (Å²) in [4.78, 5) is 14.2. The van der Waals surface area contributed by atoms with Crippen molar-refractivity contribution < 1.29 is 4.79 Å². The van der Waals surface area contributed by atoms with Crippen molar-refractivity contribution in [1.82, 2.24) is 9.47 Å². The number of rotatable bonds is 4. The maximum Gasteiger partial charge on any atom is 0.152 e. The number of hydrogen-bond donors (Lipinski definition) is 0. The Labute approximate surface area is 157 Å². The highest BCUT2D eigenvalue weighted by Crippen LogP contribution is 2.35. The third kappa shape index (κ3) is 3.34. The Bertz CT molecular complexity index is 747. The van der Waals surface area contributed by atoms with Crippen molar-refractivity contribution in [3.63, 3.8) is 0 Å². The van der Waals surface area contributed by atoms with Gasteiger partial charge in [0.05, 0.1) is 0 Å². The minimum Gasteiger partial charge on any atom is -0.344 e. The maximum atomic E-state index is 11.4. The van der Waals surface area contributed by atoms with E-state index in [1.165, 1.54) is 57.1 Å². The van der Waals surface area contributed by atoms with Crippen LogP contribution in [-0.2, 0) is 0 Å². The molecule has 0 unspecified atom stereocenters. The molecule has 1 aliphatic carbocycles. The molecule has 3 heteroatoms. The van der Waals surface area contributed by atoms with Crippen LogP contribution in [0.5, 0.6) is 0 Å². The molecule has 0 spiro atoms. The molecule has 1 aliphatic heterocycles. The van der Waals surface area contributed by atoms with E-state index in [1.54, 1.807) is 0 Å². The van der Waals surface area contributed by atoms with Gasteiger partial charge in [0.2, 0.25) is 0 Å². The number of hydrogen-bond acceptors (Lipinski definition) is 2. The van der Waals surface area contributed by atoms with Crippen molar-refractivity contribution in [3.8, 4) is 0 Å². The molecule has 4 rings (SSSR count). The smallest absolute Gasteiger partial charge is 0.152 e. The molecule has 2 aliphatic rings. The van der Waals surface area contributed by atoms with Gasteiger partial charge in [-0.3, -0.25) is 4.79 Å². The average Bonchev–Trinajstić information content (AvgIpc) is 3.07. The largest absolute Gasteiger partial charge is 0.344 e. The number of para-hydroxylation sites is 1. The van der Waals surface area contributed by atoms with Crippen LogP contribution in [0.3, 0.4) is 0 Å². The fourth-order valence-corrected chi connectivity index (χ4v) is 5.29. The number of likely N-dealkylation sites (tertiary alicyclic amines) is 1. The van der Waals surface area contributed by atoms with Gasteiger partial charge in [0.25, 0.3) is 0 Å². The average molecular weight is 353 g/mol. The van der Waals surface area contributed by atoms with E-state index in [4.69, 9.17) is 0 Å². The Kier molecular flexibility index (Phi) is 5.17. The molecule has 0 N–H and O–H groups in total. The molecule has 0 atom stereocenters. The monoisotopic (exact) mass is 352 g/mol. The number of carbonyl (C=O) groups excluding carboxylic acids is 1. The van der Waals surface area contributed by atoms with Crippen LogP contribution in [0.2, 0.25) is 0 Å². The van der Waals surface area contributed by atoms with E-state index in [0.29, 0.717) is 6.04 Å². The second kappa shape index (κ2) is 7.56. The topological polar surface area (TPSA) is 25.2 Å². The predicted octanol–water partition coefficient (Wildman–Crippen LogP) is 5.31. The normalized spacial score (nSPS) is 25.8. The van der Waals surface area contributed by atoms with E-state index in [1.807, 2.05) is 6.07 Å². The van der Waals surface area contributed by atoms with E-state index in [9.17, 15) is 4.79 Å². The van der Waals surface area contributed by atoms with Crippen LogP contribution in [0.1, 0.15) is 68.8 Å². The fourth-order valence-electron chi connectivity index (χ4n) is 5.29. The van der Waals surface area contributed by atoms with Crippen LogP contribution in [0.4, 0.5) is 0 Å². The first kappa shape index (κ1) is 17.8. The van der Waals surface area contributed by atoms with Gasteiger partial charge in [-0.1, -0.05) is 32.0 Å². The quantitative estimate of drug-likeness (QED) is 0.697. The summed E-state index contributed by atoms with van der Waals surface area (Å²) in [7, 11) is 0. The lowest BCUT2D eigenvalue weighted by atomic mass is 9.79.